The third-order valence-corrected chi connectivity index (χ3v) is 12.6. The van der Waals surface area contributed by atoms with Crippen molar-refractivity contribution in [3.05, 3.63) is 213 Å². The Kier molecular flexibility index (Phi) is 15.8. The predicted octanol–water partition coefficient (Wildman–Crippen LogP) is 7.86. The number of piperidine rings is 1. The quantitative estimate of drug-likeness (QED) is 0.0376. The molecule has 8 rings (SSSR count). The molecule has 0 spiro atoms. The highest BCUT2D eigenvalue weighted by atomic mass is 16.5. The molecular weight excluding hydrogens is 857 g/mol. The number of hydrogen-bond acceptors (Lipinski definition) is 10. The van der Waals surface area contributed by atoms with Crippen LogP contribution in [0.15, 0.2) is 169 Å². The smallest absolute Gasteiger partial charge is 0.347 e. The number of phenols is 1. The number of aromatic hydroxyl groups is 1. The SMILES string of the molecule is O=C(c1cccc(COc2cccc(C(O)(C(=O)OCC3CCN(Cc4ccccc4)CC3)c3ccccc3)c2)c1)N(CCCNCC(O)c1ccc(O)c2[nH]c(=O)ccc12)Cc1ccccc1. The van der Waals surface area contributed by atoms with Crippen molar-refractivity contribution >= 4 is 22.8 Å². The fourth-order valence-corrected chi connectivity index (χ4v) is 8.84. The van der Waals surface area contributed by atoms with E-state index in [2.05, 4.69) is 39.5 Å². The van der Waals surface area contributed by atoms with Gasteiger partial charge in [0.2, 0.25) is 11.2 Å². The van der Waals surface area contributed by atoms with E-state index in [-0.39, 0.29) is 48.4 Å². The number of ether oxygens (including phenoxy) is 2. The Morgan fingerprint density at radius 3 is 2.21 bits per heavy atom. The lowest BCUT2D eigenvalue weighted by atomic mass is 9.86. The molecule has 1 fully saturated rings. The fourth-order valence-electron chi connectivity index (χ4n) is 8.84. The molecule has 1 aliphatic heterocycles. The number of nitrogens with zero attached hydrogens (tertiary/aromatic N) is 2. The zero-order valence-corrected chi connectivity index (χ0v) is 38.0. The van der Waals surface area contributed by atoms with E-state index in [0.29, 0.717) is 59.4 Å². The second kappa shape index (κ2) is 22.6. The number of aliphatic hydroxyl groups excluding tert-OH is 1. The van der Waals surface area contributed by atoms with Gasteiger partial charge in [-0.05, 0) is 109 Å². The van der Waals surface area contributed by atoms with E-state index >= 15 is 0 Å². The number of benzene rings is 6. The summed E-state index contributed by atoms with van der Waals surface area (Å²) in [6.07, 6.45) is 1.48. The Morgan fingerprint density at radius 1 is 0.779 bits per heavy atom. The summed E-state index contributed by atoms with van der Waals surface area (Å²) in [5.74, 6) is -0.338. The van der Waals surface area contributed by atoms with Gasteiger partial charge in [-0.15, -0.1) is 0 Å². The van der Waals surface area contributed by atoms with Crippen LogP contribution in [0, 0.1) is 5.92 Å². The van der Waals surface area contributed by atoms with Gasteiger partial charge < -0.3 is 40.0 Å². The molecule has 1 aliphatic rings. The number of pyridine rings is 1. The third-order valence-electron chi connectivity index (χ3n) is 12.6. The summed E-state index contributed by atoms with van der Waals surface area (Å²) < 4.78 is 12.2. The second-order valence-corrected chi connectivity index (χ2v) is 17.5. The van der Waals surface area contributed by atoms with Crippen LogP contribution in [0.25, 0.3) is 10.9 Å². The van der Waals surface area contributed by atoms with E-state index in [9.17, 15) is 29.7 Å². The Labute approximate surface area is 396 Å². The summed E-state index contributed by atoms with van der Waals surface area (Å²) in [6.45, 7) is 4.62. The Balaban J connectivity index is 0.886. The minimum atomic E-state index is -2.08. The molecule has 350 valence electrons. The molecule has 1 amide bonds. The number of carbonyl (C=O) groups is 2. The third kappa shape index (κ3) is 11.9. The summed E-state index contributed by atoms with van der Waals surface area (Å²) in [5.41, 5.74) is 2.65. The molecule has 2 unspecified atom stereocenters. The Hall–Kier alpha value is -7.09. The Bertz CT molecular complexity index is 2820. The average Bonchev–Trinajstić information content (AvgIpc) is 3.38. The van der Waals surface area contributed by atoms with Gasteiger partial charge in [-0.3, -0.25) is 14.5 Å². The molecule has 0 aliphatic carbocycles. The molecule has 0 radical (unpaired) electrons. The van der Waals surface area contributed by atoms with E-state index in [1.54, 1.807) is 71.6 Å². The molecular formula is C56H58N4O8. The Morgan fingerprint density at radius 2 is 1.46 bits per heavy atom. The number of phenolic OH excluding ortho intramolecular Hbond substituents is 1. The first kappa shape index (κ1) is 47.4. The lowest BCUT2D eigenvalue weighted by molar-refractivity contribution is -0.164. The van der Waals surface area contributed by atoms with Crippen molar-refractivity contribution in [3.63, 3.8) is 0 Å². The van der Waals surface area contributed by atoms with Crippen molar-refractivity contribution < 1.29 is 34.4 Å². The van der Waals surface area contributed by atoms with E-state index in [1.807, 2.05) is 60.7 Å². The molecule has 6 aromatic carbocycles. The molecule has 2 heterocycles. The number of aliphatic hydroxyl groups is 2. The number of aromatic nitrogens is 1. The molecule has 0 bridgehead atoms. The molecule has 1 saturated heterocycles. The monoisotopic (exact) mass is 914 g/mol. The van der Waals surface area contributed by atoms with E-state index < -0.39 is 17.7 Å². The van der Waals surface area contributed by atoms with Crippen LogP contribution in [-0.4, -0.2) is 81.3 Å². The van der Waals surface area contributed by atoms with Crippen LogP contribution in [0.1, 0.15) is 69.1 Å². The molecule has 0 saturated carbocycles. The normalized spacial score (nSPS) is 14.5. The van der Waals surface area contributed by atoms with Gasteiger partial charge in [0, 0.05) is 48.8 Å². The van der Waals surface area contributed by atoms with Gasteiger partial charge in [-0.2, -0.15) is 0 Å². The molecule has 2 atom stereocenters. The summed E-state index contributed by atoms with van der Waals surface area (Å²) in [4.78, 5) is 46.9. The number of aromatic amines is 1. The summed E-state index contributed by atoms with van der Waals surface area (Å²) in [5, 5.41) is 37.5. The number of hydrogen-bond donors (Lipinski definition) is 5. The first-order valence-electron chi connectivity index (χ1n) is 23.2. The maximum Gasteiger partial charge on any atom is 0.347 e. The van der Waals surface area contributed by atoms with E-state index in [1.165, 1.54) is 17.7 Å². The average molecular weight is 915 g/mol. The van der Waals surface area contributed by atoms with E-state index in [4.69, 9.17) is 9.47 Å². The number of rotatable bonds is 20. The molecule has 12 heteroatoms. The standard InChI is InChI=1S/C56H58N4O8/c61-50-25-23-48(49-24-26-52(63)58-53(49)50)51(62)35-57-29-12-30-60(37-41-15-6-2-7-16-41)54(64)44-18-10-17-43(33-44)39-67-47-22-11-21-46(34-47)56(66,45-19-8-3-9-20-45)55(65)68-38-42-27-31-59(32-28-42)36-40-13-4-1-5-14-40/h1-11,13-26,33-34,42,51,57,61-62,66H,12,27-32,35-39H2,(H,58,63). The van der Waals surface area contributed by atoms with Crippen LogP contribution >= 0.6 is 0 Å². The van der Waals surface area contributed by atoms with Gasteiger partial charge in [-0.1, -0.05) is 121 Å². The first-order valence-corrected chi connectivity index (χ1v) is 23.2. The number of H-pyrrole nitrogens is 1. The topological polar surface area (TPSA) is 165 Å². The molecule has 12 nitrogen and oxygen atoms in total. The minimum Gasteiger partial charge on any atom is -0.506 e. The van der Waals surface area contributed by atoms with Crippen LogP contribution < -0.4 is 15.6 Å². The van der Waals surface area contributed by atoms with Crippen molar-refractivity contribution in [2.45, 2.75) is 50.7 Å². The largest absolute Gasteiger partial charge is 0.506 e. The number of nitrogens with one attached hydrogen (secondary N) is 2. The minimum absolute atomic E-state index is 0.0710. The highest BCUT2D eigenvalue weighted by molar-refractivity contribution is 5.94. The first-order chi connectivity index (χ1) is 33.1. The van der Waals surface area contributed by atoms with Crippen LogP contribution in [-0.2, 0) is 34.8 Å². The van der Waals surface area contributed by atoms with Gasteiger partial charge in [-0.25, -0.2) is 4.79 Å². The summed E-state index contributed by atoms with van der Waals surface area (Å²) >= 11 is 0. The predicted molar refractivity (Wildman–Crippen MR) is 262 cm³/mol. The zero-order chi connectivity index (χ0) is 47.3. The lowest BCUT2D eigenvalue weighted by Crippen LogP contribution is -2.40. The van der Waals surface area contributed by atoms with Gasteiger partial charge in [0.15, 0.2) is 0 Å². The highest BCUT2D eigenvalue weighted by Crippen LogP contribution is 2.34. The highest BCUT2D eigenvalue weighted by Gasteiger charge is 2.42. The second-order valence-electron chi connectivity index (χ2n) is 17.5. The van der Waals surface area contributed by atoms with Crippen LogP contribution in [0.2, 0.25) is 0 Å². The van der Waals surface area contributed by atoms with Crippen molar-refractivity contribution in [3.8, 4) is 11.5 Å². The number of amides is 1. The number of esters is 1. The van der Waals surface area contributed by atoms with Crippen molar-refractivity contribution in [1.29, 1.82) is 0 Å². The summed E-state index contributed by atoms with van der Waals surface area (Å²) in [6, 6.07) is 49.2. The molecule has 5 N–H and O–H groups in total. The maximum atomic E-state index is 14.2. The van der Waals surface area contributed by atoms with Gasteiger partial charge in [0.25, 0.3) is 5.91 Å². The zero-order valence-electron chi connectivity index (χ0n) is 38.0. The van der Waals surface area contributed by atoms with Crippen molar-refractivity contribution in [2.75, 3.05) is 39.3 Å². The summed E-state index contributed by atoms with van der Waals surface area (Å²) in [7, 11) is 0. The molecule has 68 heavy (non-hydrogen) atoms. The number of likely N-dealkylation sites (tertiary alicyclic amines) is 1. The van der Waals surface area contributed by atoms with Gasteiger partial charge >= 0.3 is 5.97 Å². The lowest BCUT2D eigenvalue weighted by Gasteiger charge is -2.33. The number of carbonyl (C=O) groups excluding carboxylic acids is 2. The molecule has 7 aromatic rings. The molecule has 1 aromatic heterocycles. The van der Waals surface area contributed by atoms with Gasteiger partial charge in [0.05, 0.1) is 18.2 Å². The van der Waals surface area contributed by atoms with Crippen LogP contribution in [0.3, 0.4) is 0 Å². The fraction of sp³-hybridized carbons (Fsp3) is 0.268. The number of fused-ring (bicyclic) bond motifs is 1. The van der Waals surface area contributed by atoms with Crippen LogP contribution in [0.4, 0.5) is 0 Å². The van der Waals surface area contributed by atoms with Gasteiger partial charge in [0.1, 0.15) is 18.1 Å². The van der Waals surface area contributed by atoms with Crippen molar-refractivity contribution in [2.24, 2.45) is 5.92 Å². The van der Waals surface area contributed by atoms with E-state index in [0.717, 1.165) is 43.6 Å². The van der Waals surface area contributed by atoms with Crippen molar-refractivity contribution in [1.82, 2.24) is 20.1 Å². The maximum absolute atomic E-state index is 14.2. The van der Waals surface area contributed by atoms with Crippen LogP contribution in [0.5, 0.6) is 11.5 Å².